The van der Waals surface area contributed by atoms with Gasteiger partial charge in [0.05, 0.1) is 19.4 Å². The van der Waals surface area contributed by atoms with Crippen LogP contribution in [0.2, 0.25) is 0 Å². The van der Waals surface area contributed by atoms with E-state index in [1.165, 1.54) is 6.08 Å². The maximum absolute atomic E-state index is 12.0. The number of amides is 1. The normalized spacial score (nSPS) is 12.0. The van der Waals surface area contributed by atoms with Gasteiger partial charge in [-0.3, -0.25) is 4.79 Å². The van der Waals surface area contributed by atoms with Gasteiger partial charge in [0.2, 0.25) is 5.91 Å². The Labute approximate surface area is 163 Å². The summed E-state index contributed by atoms with van der Waals surface area (Å²) in [6.45, 7) is 6.67. The summed E-state index contributed by atoms with van der Waals surface area (Å²) in [5.41, 5.74) is 1.35. The summed E-state index contributed by atoms with van der Waals surface area (Å²) in [6.07, 6.45) is 8.66. The van der Waals surface area contributed by atoms with Crippen molar-refractivity contribution in [2.45, 2.75) is 59.3 Å². The first kappa shape index (κ1) is 22.7. The van der Waals surface area contributed by atoms with Gasteiger partial charge in [-0.2, -0.15) is 0 Å². The van der Waals surface area contributed by atoms with E-state index in [0.29, 0.717) is 30.4 Å². The summed E-state index contributed by atoms with van der Waals surface area (Å²) < 4.78 is 10.6. The van der Waals surface area contributed by atoms with E-state index in [4.69, 9.17) is 9.47 Å². The third-order valence-electron chi connectivity index (χ3n) is 4.42. The lowest BCUT2D eigenvalue weighted by atomic mass is 10.0. The van der Waals surface area contributed by atoms with Gasteiger partial charge in [-0.15, -0.1) is 0 Å². The lowest BCUT2D eigenvalue weighted by Gasteiger charge is -2.13. The van der Waals surface area contributed by atoms with E-state index < -0.39 is 0 Å². The number of ether oxygens (including phenoxy) is 2. The van der Waals surface area contributed by atoms with Crippen LogP contribution in [0.4, 0.5) is 5.69 Å². The number of carbonyl (C=O) groups excluding carboxylic acids is 2. The fourth-order valence-corrected chi connectivity index (χ4v) is 2.66. The van der Waals surface area contributed by atoms with Crippen molar-refractivity contribution in [2.24, 2.45) is 5.92 Å². The molecule has 1 rings (SSSR count). The molecule has 27 heavy (non-hydrogen) atoms. The van der Waals surface area contributed by atoms with E-state index in [0.717, 1.165) is 37.7 Å². The Bertz CT molecular complexity index is 625. The molecule has 0 bridgehead atoms. The molecule has 1 N–H and O–H groups in total. The molecule has 0 aliphatic carbocycles. The average molecular weight is 376 g/mol. The fourth-order valence-electron chi connectivity index (χ4n) is 2.66. The maximum atomic E-state index is 12.0. The lowest BCUT2D eigenvalue weighted by molar-refractivity contribution is -0.139. The molecule has 0 saturated carbocycles. The van der Waals surface area contributed by atoms with Crippen LogP contribution in [0.3, 0.4) is 0 Å². The van der Waals surface area contributed by atoms with E-state index in [1.807, 2.05) is 6.92 Å². The number of benzene rings is 1. The molecule has 0 radical (unpaired) electrons. The fraction of sp³-hybridized carbons (Fsp3) is 0.545. The highest BCUT2D eigenvalue weighted by molar-refractivity contribution is 5.95. The summed E-state index contributed by atoms with van der Waals surface area (Å²) in [7, 11) is 1.57. The molecule has 0 aromatic heterocycles. The van der Waals surface area contributed by atoms with Crippen LogP contribution in [0.1, 0.15) is 64.9 Å². The van der Waals surface area contributed by atoms with Crippen LogP contribution in [-0.2, 0) is 14.3 Å². The molecule has 0 aliphatic heterocycles. The molecule has 5 heteroatoms. The van der Waals surface area contributed by atoms with Crippen molar-refractivity contribution in [1.82, 2.24) is 0 Å². The number of hydrogen-bond acceptors (Lipinski definition) is 4. The van der Waals surface area contributed by atoms with Crippen LogP contribution in [0, 0.1) is 5.92 Å². The zero-order valence-electron chi connectivity index (χ0n) is 17.0. The zero-order chi connectivity index (χ0) is 20.1. The van der Waals surface area contributed by atoms with Crippen molar-refractivity contribution < 1.29 is 19.1 Å². The average Bonchev–Trinajstić information content (AvgIpc) is 2.67. The summed E-state index contributed by atoms with van der Waals surface area (Å²) in [5.74, 6) is 0.617. The van der Waals surface area contributed by atoms with E-state index in [-0.39, 0.29) is 11.9 Å². The molecule has 1 aromatic rings. The van der Waals surface area contributed by atoms with E-state index >= 15 is 0 Å². The van der Waals surface area contributed by atoms with Crippen molar-refractivity contribution in [2.75, 3.05) is 19.0 Å². The minimum atomic E-state index is -0.369. The highest BCUT2D eigenvalue weighted by atomic mass is 16.5. The van der Waals surface area contributed by atoms with Crippen LogP contribution >= 0.6 is 0 Å². The third-order valence-corrected chi connectivity index (χ3v) is 4.42. The third kappa shape index (κ3) is 8.76. The Morgan fingerprint density at radius 1 is 1.19 bits per heavy atom. The number of methoxy groups -OCH3 is 1. The molecule has 1 unspecified atom stereocenters. The molecule has 0 heterocycles. The highest BCUT2D eigenvalue weighted by Crippen LogP contribution is 2.24. The molecule has 0 aliphatic rings. The van der Waals surface area contributed by atoms with Crippen LogP contribution < -0.4 is 10.1 Å². The summed E-state index contributed by atoms with van der Waals surface area (Å²) >= 11 is 0. The Balaban J connectivity index is 2.74. The first-order chi connectivity index (χ1) is 13.0. The smallest absolute Gasteiger partial charge is 0.330 e. The second-order valence-corrected chi connectivity index (χ2v) is 6.63. The zero-order valence-corrected chi connectivity index (χ0v) is 17.0. The van der Waals surface area contributed by atoms with Crippen LogP contribution in [0.15, 0.2) is 24.3 Å². The molecule has 0 fully saturated rings. The Kier molecular flexibility index (Phi) is 10.9. The number of hydrogen-bond donors (Lipinski definition) is 1. The summed E-state index contributed by atoms with van der Waals surface area (Å²) in [6, 6.07) is 5.34. The van der Waals surface area contributed by atoms with E-state index in [1.54, 1.807) is 31.4 Å². The monoisotopic (exact) mass is 375 g/mol. The van der Waals surface area contributed by atoms with Crippen molar-refractivity contribution in [1.29, 1.82) is 0 Å². The summed E-state index contributed by atoms with van der Waals surface area (Å²) in [5, 5.41) is 2.87. The van der Waals surface area contributed by atoms with Gasteiger partial charge in [0.15, 0.2) is 0 Å². The molecule has 0 spiro atoms. The second-order valence-electron chi connectivity index (χ2n) is 6.63. The van der Waals surface area contributed by atoms with Gasteiger partial charge in [0.25, 0.3) is 0 Å². The van der Waals surface area contributed by atoms with Gasteiger partial charge in [-0.1, -0.05) is 40.0 Å². The summed E-state index contributed by atoms with van der Waals surface area (Å²) in [4.78, 5) is 24.0. The van der Waals surface area contributed by atoms with Crippen LogP contribution in [0.5, 0.6) is 5.75 Å². The van der Waals surface area contributed by atoms with Crippen LogP contribution in [0.25, 0.3) is 6.08 Å². The predicted octanol–water partition coefficient (Wildman–Crippen LogP) is 5.21. The lowest BCUT2D eigenvalue weighted by Crippen LogP contribution is -2.12. The van der Waals surface area contributed by atoms with Gasteiger partial charge in [-0.05, 0) is 42.5 Å². The number of unbranched alkanes of at least 4 members (excludes halogenated alkanes) is 1. The quantitative estimate of drug-likeness (QED) is 0.402. The minimum Gasteiger partial charge on any atom is -0.497 e. The molecular weight excluding hydrogens is 342 g/mol. The number of carbonyl (C=O) groups is 2. The van der Waals surface area contributed by atoms with Crippen molar-refractivity contribution in [3.05, 3.63) is 29.8 Å². The van der Waals surface area contributed by atoms with Gasteiger partial charge in [-0.25, -0.2) is 4.79 Å². The molecule has 5 nitrogen and oxygen atoms in total. The Hall–Kier alpha value is -2.30. The molecule has 150 valence electrons. The first-order valence-corrected chi connectivity index (χ1v) is 9.86. The van der Waals surface area contributed by atoms with Crippen molar-refractivity contribution in [3.63, 3.8) is 0 Å². The van der Waals surface area contributed by atoms with Crippen molar-refractivity contribution in [3.8, 4) is 5.75 Å². The molecule has 1 amide bonds. The Morgan fingerprint density at radius 3 is 2.59 bits per heavy atom. The molecule has 0 saturated heterocycles. The van der Waals surface area contributed by atoms with E-state index in [2.05, 4.69) is 19.2 Å². The predicted molar refractivity (Wildman–Crippen MR) is 110 cm³/mol. The Morgan fingerprint density at radius 2 is 1.96 bits per heavy atom. The second kappa shape index (κ2) is 13.0. The highest BCUT2D eigenvalue weighted by Gasteiger charge is 2.10. The number of nitrogens with one attached hydrogen (secondary N) is 1. The first-order valence-electron chi connectivity index (χ1n) is 9.86. The van der Waals surface area contributed by atoms with Gasteiger partial charge in [0, 0.05) is 18.6 Å². The van der Waals surface area contributed by atoms with Crippen LogP contribution in [-0.4, -0.2) is 25.6 Å². The number of esters is 1. The van der Waals surface area contributed by atoms with Gasteiger partial charge < -0.3 is 14.8 Å². The van der Waals surface area contributed by atoms with Crippen molar-refractivity contribution >= 4 is 23.6 Å². The van der Waals surface area contributed by atoms with Gasteiger partial charge in [0.1, 0.15) is 5.75 Å². The number of rotatable bonds is 12. The number of anilines is 1. The molecule has 1 atom stereocenters. The van der Waals surface area contributed by atoms with E-state index in [9.17, 15) is 9.59 Å². The maximum Gasteiger partial charge on any atom is 0.330 e. The standard InChI is InChI=1S/C22H33NO4/c1-5-8-10-17(7-3)16-27-22(25)14-12-18-11-13-19(26-4)15-20(18)23-21(24)9-6-2/h11-15,17H,5-10,16H2,1-4H3,(H,23,24)/b14-12+. The molecular formula is C22H33NO4. The molecule has 1 aromatic carbocycles. The SMILES string of the molecule is CCCCC(CC)COC(=O)/C=C/c1ccc(OC)cc1NC(=O)CCC. The van der Waals surface area contributed by atoms with Gasteiger partial charge >= 0.3 is 5.97 Å². The largest absolute Gasteiger partial charge is 0.497 e. The minimum absolute atomic E-state index is 0.0651. The topological polar surface area (TPSA) is 64.6 Å².